The zero-order valence-electron chi connectivity index (χ0n) is 13.3. The van der Waals surface area contributed by atoms with E-state index in [0.29, 0.717) is 5.69 Å². The molecule has 0 saturated heterocycles. The summed E-state index contributed by atoms with van der Waals surface area (Å²) in [5.41, 5.74) is 3.72. The van der Waals surface area contributed by atoms with E-state index in [4.69, 9.17) is 5.10 Å². The van der Waals surface area contributed by atoms with Gasteiger partial charge in [-0.3, -0.25) is 0 Å². The smallest absolute Gasteiger partial charge is 0.406 e. The van der Waals surface area contributed by atoms with Crippen LogP contribution in [-0.2, 0) is 6.42 Å². The zero-order valence-corrected chi connectivity index (χ0v) is 15.5. The molecule has 0 aliphatic carbocycles. The van der Waals surface area contributed by atoms with E-state index in [0.717, 1.165) is 39.2 Å². The van der Waals surface area contributed by atoms with E-state index >= 15 is 0 Å². The second-order valence-electron chi connectivity index (χ2n) is 5.79. The first kappa shape index (κ1) is 17.2. The number of aromatic nitrogens is 2. The molecular formula is C18H13F3IN3O. The number of nitrogens with one attached hydrogen (secondary N) is 1. The third-order valence-electron chi connectivity index (χ3n) is 4.09. The number of benzene rings is 2. The summed E-state index contributed by atoms with van der Waals surface area (Å²) in [4.78, 5) is 0. The molecule has 4 rings (SSSR count). The zero-order chi connectivity index (χ0) is 18.3. The number of alkyl halides is 3. The minimum atomic E-state index is -4.70. The van der Waals surface area contributed by atoms with Crippen LogP contribution in [-0.4, -0.2) is 22.7 Å². The number of ether oxygens (including phenoxy) is 1. The Kier molecular flexibility index (Phi) is 4.29. The van der Waals surface area contributed by atoms with Crippen LogP contribution in [0.2, 0.25) is 0 Å². The van der Waals surface area contributed by atoms with E-state index in [1.165, 1.54) is 12.1 Å². The molecule has 134 valence electrons. The highest BCUT2D eigenvalue weighted by molar-refractivity contribution is 14.1. The van der Waals surface area contributed by atoms with Crippen LogP contribution in [0.25, 0.3) is 16.9 Å². The van der Waals surface area contributed by atoms with Crippen molar-refractivity contribution in [1.82, 2.24) is 9.78 Å². The van der Waals surface area contributed by atoms with Gasteiger partial charge in [0, 0.05) is 21.2 Å². The molecule has 0 unspecified atom stereocenters. The Labute approximate surface area is 161 Å². The molecule has 0 atom stereocenters. The van der Waals surface area contributed by atoms with Gasteiger partial charge in [-0.2, -0.15) is 5.10 Å². The van der Waals surface area contributed by atoms with Gasteiger partial charge in [-0.15, -0.1) is 13.2 Å². The van der Waals surface area contributed by atoms with Gasteiger partial charge in [-0.25, -0.2) is 4.68 Å². The third-order valence-corrected chi connectivity index (χ3v) is 5.04. The Morgan fingerprint density at radius 1 is 1.08 bits per heavy atom. The second-order valence-corrected chi connectivity index (χ2v) is 6.95. The Hall–Kier alpha value is -2.23. The van der Waals surface area contributed by atoms with Crippen molar-refractivity contribution in [3.05, 3.63) is 57.7 Å². The van der Waals surface area contributed by atoms with Gasteiger partial charge in [0.15, 0.2) is 0 Å². The van der Waals surface area contributed by atoms with Crippen molar-refractivity contribution in [2.24, 2.45) is 0 Å². The fourth-order valence-electron chi connectivity index (χ4n) is 3.02. The average molecular weight is 471 g/mol. The molecule has 2 heterocycles. The number of hydrogen-bond acceptors (Lipinski definition) is 3. The molecule has 1 aliphatic rings. The molecule has 0 spiro atoms. The maximum Gasteiger partial charge on any atom is 0.573 e. The number of nitrogens with zero attached hydrogens (tertiary/aromatic N) is 2. The van der Waals surface area contributed by atoms with Gasteiger partial charge in [0.1, 0.15) is 11.6 Å². The summed E-state index contributed by atoms with van der Waals surface area (Å²) in [5.74, 6) is 0.625. The van der Waals surface area contributed by atoms with E-state index < -0.39 is 6.36 Å². The van der Waals surface area contributed by atoms with Gasteiger partial charge < -0.3 is 10.1 Å². The summed E-state index contributed by atoms with van der Waals surface area (Å²) < 4.78 is 43.7. The van der Waals surface area contributed by atoms with Crippen molar-refractivity contribution in [1.29, 1.82) is 0 Å². The molecule has 1 aromatic heterocycles. The van der Waals surface area contributed by atoms with E-state index in [1.807, 2.05) is 24.3 Å². The monoisotopic (exact) mass is 471 g/mol. The lowest BCUT2D eigenvalue weighted by Crippen LogP contribution is -2.17. The minimum absolute atomic E-state index is 0.254. The van der Waals surface area contributed by atoms with Gasteiger partial charge >= 0.3 is 6.36 Å². The summed E-state index contributed by atoms with van der Waals surface area (Å²) in [7, 11) is 0. The van der Waals surface area contributed by atoms with Crippen molar-refractivity contribution >= 4 is 28.4 Å². The van der Waals surface area contributed by atoms with E-state index in [2.05, 4.69) is 32.6 Å². The van der Waals surface area contributed by atoms with Gasteiger partial charge in [-0.1, -0.05) is 18.2 Å². The quantitative estimate of drug-likeness (QED) is 0.546. The molecular weight excluding hydrogens is 458 g/mol. The lowest BCUT2D eigenvalue weighted by atomic mass is 10.1. The molecule has 0 radical (unpaired) electrons. The minimum Gasteiger partial charge on any atom is -0.406 e. The van der Waals surface area contributed by atoms with Crippen molar-refractivity contribution in [2.75, 3.05) is 11.9 Å². The lowest BCUT2D eigenvalue weighted by molar-refractivity contribution is -0.274. The van der Waals surface area contributed by atoms with Crippen LogP contribution in [0.3, 0.4) is 0 Å². The highest BCUT2D eigenvalue weighted by atomic mass is 127. The van der Waals surface area contributed by atoms with Gasteiger partial charge in [0.2, 0.25) is 0 Å². The summed E-state index contributed by atoms with van der Waals surface area (Å²) in [6.45, 7) is 0.804. The highest BCUT2D eigenvalue weighted by Gasteiger charge is 2.31. The number of rotatable bonds is 3. The van der Waals surface area contributed by atoms with E-state index in [-0.39, 0.29) is 5.75 Å². The molecule has 2 aromatic carbocycles. The fourth-order valence-corrected chi connectivity index (χ4v) is 3.66. The predicted molar refractivity (Wildman–Crippen MR) is 101 cm³/mol. The fraction of sp³-hybridized carbons (Fsp3) is 0.167. The Bertz CT molecular complexity index is 951. The normalized spacial score (nSPS) is 13.4. The van der Waals surface area contributed by atoms with Crippen molar-refractivity contribution in [3.8, 4) is 22.7 Å². The van der Waals surface area contributed by atoms with Gasteiger partial charge in [-0.05, 0) is 59.3 Å². The topological polar surface area (TPSA) is 39.1 Å². The third kappa shape index (κ3) is 3.25. The standard InChI is InChI=1S/C18H13F3IN3O/c19-18(20,21)26-12-7-5-11(6-8-12)25-17-14(9-10-23-17)16(24-25)13-3-1-2-4-15(13)22/h1-8,23H,9-10H2. The van der Waals surface area contributed by atoms with Crippen LogP contribution in [0.4, 0.5) is 19.0 Å². The number of anilines is 1. The summed E-state index contributed by atoms with van der Waals surface area (Å²) in [5, 5.41) is 8.04. The SMILES string of the molecule is FC(F)(F)Oc1ccc(-n2nc(-c3ccccc3I)c3c2NCC3)cc1. The molecule has 4 nitrogen and oxygen atoms in total. The number of fused-ring (bicyclic) bond motifs is 1. The Morgan fingerprint density at radius 2 is 1.81 bits per heavy atom. The Morgan fingerprint density at radius 3 is 2.50 bits per heavy atom. The molecule has 3 aromatic rings. The van der Waals surface area contributed by atoms with E-state index in [1.54, 1.807) is 16.8 Å². The second kappa shape index (κ2) is 6.49. The molecule has 26 heavy (non-hydrogen) atoms. The lowest BCUT2D eigenvalue weighted by Gasteiger charge is -2.10. The Balaban J connectivity index is 1.74. The summed E-state index contributed by atoms with van der Waals surface area (Å²) in [6.07, 6.45) is -3.85. The van der Waals surface area contributed by atoms with Crippen molar-refractivity contribution in [2.45, 2.75) is 12.8 Å². The predicted octanol–water partition coefficient (Wildman–Crippen LogP) is 5.01. The summed E-state index contributed by atoms with van der Waals surface area (Å²) >= 11 is 2.28. The van der Waals surface area contributed by atoms with Gasteiger partial charge in [0.25, 0.3) is 0 Å². The molecule has 0 amide bonds. The van der Waals surface area contributed by atoms with Crippen LogP contribution < -0.4 is 10.1 Å². The number of halogens is 4. The first-order chi connectivity index (χ1) is 12.4. The van der Waals surface area contributed by atoms with Gasteiger partial charge in [0.05, 0.1) is 11.4 Å². The van der Waals surface area contributed by atoms with Crippen molar-refractivity contribution < 1.29 is 17.9 Å². The molecule has 0 saturated carbocycles. The van der Waals surface area contributed by atoms with Crippen molar-refractivity contribution in [3.63, 3.8) is 0 Å². The van der Waals surface area contributed by atoms with Crippen LogP contribution in [0.1, 0.15) is 5.56 Å². The summed E-state index contributed by atoms with van der Waals surface area (Å²) in [6, 6.07) is 13.7. The molecule has 0 fully saturated rings. The first-order valence-corrected chi connectivity index (χ1v) is 8.97. The molecule has 1 aliphatic heterocycles. The highest BCUT2D eigenvalue weighted by Crippen LogP contribution is 2.36. The van der Waals surface area contributed by atoms with Crippen LogP contribution >= 0.6 is 22.6 Å². The largest absolute Gasteiger partial charge is 0.573 e. The first-order valence-electron chi connectivity index (χ1n) is 7.89. The average Bonchev–Trinajstić information content (AvgIpc) is 3.17. The maximum absolute atomic E-state index is 12.3. The maximum atomic E-state index is 12.3. The molecule has 8 heteroatoms. The van der Waals surface area contributed by atoms with Crippen LogP contribution in [0, 0.1) is 3.57 Å². The molecule has 1 N–H and O–H groups in total. The number of hydrogen-bond donors (Lipinski definition) is 1. The van der Waals surface area contributed by atoms with E-state index in [9.17, 15) is 13.2 Å². The molecule has 0 bridgehead atoms. The van der Waals surface area contributed by atoms with Crippen LogP contribution in [0.5, 0.6) is 5.75 Å². The van der Waals surface area contributed by atoms with Crippen LogP contribution in [0.15, 0.2) is 48.5 Å².